The van der Waals surface area contributed by atoms with Gasteiger partial charge in [0.25, 0.3) is 0 Å². The molecule has 0 spiro atoms. The number of anilines is 1. The molecule has 3 N–H and O–H groups in total. The molecule has 0 bridgehead atoms. The van der Waals surface area contributed by atoms with Crippen molar-refractivity contribution >= 4 is 22.4 Å². The average Bonchev–Trinajstić information content (AvgIpc) is 2.95. The molecule has 1 heterocycles. The molecule has 0 saturated heterocycles. The standard InChI is InChI=1S/C15H16N2O2S/c1-9-6-7-13(20-9)17-15(19)16-12-8-10-4-2-3-5-11(10)14(12)18/h2-7,12,14,18H,8H2,1H3,(H2,16,17,19)/t12-,14-/m0/s1. The zero-order chi connectivity index (χ0) is 14.1. The molecule has 2 atom stereocenters. The van der Waals surface area contributed by atoms with Crippen LogP contribution in [0, 0.1) is 6.92 Å². The summed E-state index contributed by atoms with van der Waals surface area (Å²) in [5.74, 6) is 0. The van der Waals surface area contributed by atoms with Crippen LogP contribution in [0.4, 0.5) is 9.80 Å². The molecule has 2 aromatic rings. The predicted octanol–water partition coefficient (Wildman–Crippen LogP) is 2.84. The molecule has 2 amide bonds. The third kappa shape index (κ3) is 2.55. The van der Waals surface area contributed by atoms with Crippen LogP contribution in [0.1, 0.15) is 22.1 Å². The van der Waals surface area contributed by atoms with Crippen LogP contribution in [0.3, 0.4) is 0 Å². The molecule has 1 aromatic heterocycles. The number of aliphatic hydroxyl groups excluding tert-OH is 1. The number of nitrogens with one attached hydrogen (secondary N) is 2. The van der Waals surface area contributed by atoms with Gasteiger partial charge in [0.1, 0.15) is 0 Å². The summed E-state index contributed by atoms with van der Waals surface area (Å²) < 4.78 is 0. The van der Waals surface area contributed by atoms with Gasteiger partial charge >= 0.3 is 6.03 Å². The fourth-order valence-electron chi connectivity index (χ4n) is 2.52. The molecule has 20 heavy (non-hydrogen) atoms. The number of hydrogen-bond acceptors (Lipinski definition) is 3. The maximum absolute atomic E-state index is 11.9. The number of amides is 2. The Morgan fingerprint density at radius 3 is 2.80 bits per heavy atom. The summed E-state index contributed by atoms with van der Waals surface area (Å²) in [5, 5.41) is 16.7. The number of hydrogen-bond donors (Lipinski definition) is 3. The smallest absolute Gasteiger partial charge is 0.320 e. The van der Waals surface area contributed by atoms with E-state index < -0.39 is 6.10 Å². The van der Waals surface area contributed by atoms with Crippen molar-refractivity contribution in [2.24, 2.45) is 0 Å². The molecule has 0 saturated carbocycles. The average molecular weight is 288 g/mol. The Morgan fingerprint density at radius 2 is 2.10 bits per heavy atom. The van der Waals surface area contributed by atoms with Crippen molar-refractivity contribution in [3.8, 4) is 0 Å². The van der Waals surface area contributed by atoms with Crippen molar-refractivity contribution in [1.82, 2.24) is 5.32 Å². The van der Waals surface area contributed by atoms with Crippen molar-refractivity contribution in [2.45, 2.75) is 25.5 Å². The highest BCUT2D eigenvalue weighted by Crippen LogP contribution is 2.31. The number of aliphatic hydroxyl groups is 1. The minimum absolute atomic E-state index is 0.270. The first-order chi connectivity index (χ1) is 9.63. The van der Waals surface area contributed by atoms with Crippen LogP contribution < -0.4 is 10.6 Å². The highest BCUT2D eigenvalue weighted by Gasteiger charge is 2.31. The van der Waals surface area contributed by atoms with Crippen molar-refractivity contribution in [3.63, 3.8) is 0 Å². The quantitative estimate of drug-likeness (QED) is 0.795. The van der Waals surface area contributed by atoms with Gasteiger partial charge in [0.2, 0.25) is 0 Å². The van der Waals surface area contributed by atoms with Crippen LogP contribution in [0.15, 0.2) is 36.4 Å². The second-order valence-electron chi connectivity index (χ2n) is 4.96. The minimum atomic E-state index is -0.637. The van der Waals surface area contributed by atoms with Gasteiger partial charge in [0, 0.05) is 4.88 Å². The molecule has 0 unspecified atom stereocenters. The van der Waals surface area contributed by atoms with E-state index in [-0.39, 0.29) is 12.1 Å². The number of benzene rings is 1. The zero-order valence-corrected chi connectivity index (χ0v) is 11.9. The predicted molar refractivity (Wildman–Crippen MR) is 80.1 cm³/mol. The first-order valence-electron chi connectivity index (χ1n) is 6.53. The van der Waals surface area contributed by atoms with Gasteiger partial charge < -0.3 is 10.4 Å². The molecular formula is C15H16N2O2S. The number of fused-ring (bicyclic) bond motifs is 1. The summed E-state index contributed by atoms with van der Waals surface area (Å²) in [4.78, 5) is 13.1. The Labute approximate surface area is 121 Å². The fraction of sp³-hybridized carbons (Fsp3) is 0.267. The number of rotatable bonds is 2. The zero-order valence-electron chi connectivity index (χ0n) is 11.1. The second kappa shape index (κ2) is 5.26. The molecule has 1 aliphatic carbocycles. The summed E-state index contributed by atoms with van der Waals surface area (Å²) in [6.07, 6.45) is 0.0239. The Balaban J connectivity index is 1.63. The number of thiophene rings is 1. The Bertz CT molecular complexity index is 638. The topological polar surface area (TPSA) is 61.4 Å². The van der Waals surface area contributed by atoms with E-state index in [1.54, 1.807) is 0 Å². The van der Waals surface area contributed by atoms with Gasteiger partial charge in [0.15, 0.2) is 0 Å². The van der Waals surface area contributed by atoms with Crippen molar-refractivity contribution in [1.29, 1.82) is 0 Å². The van der Waals surface area contributed by atoms with E-state index >= 15 is 0 Å². The lowest BCUT2D eigenvalue weighted by Crippen LogP contribution is -2.40. The fourth-order valence-corrected chi connectivity index (χ4v) is 3.28. The molecule has 0 fully saturated rings. The summed E-state index contributed by atoms with van der Waals surface area (Å²) in [6.45, 7) is 1.99. The highest BCUT2D eigenvalue weighted by molar-refractivity contribution is 7.16. The summed E-state index contributed by atoms with van der Waals surface area (Å²) in [6, 6.07) is 11.0. The number of carbonyl (C=O) groups is 1. The summed E-state index contributed by atoms with van der Waals surface area (Å²) in [7, 11) is 0. The molecule has 0 aliphatic heterocycles. The van der Waals surface area contributed by atoms with E-state index in [9.17, 15) is 9.90 Å². The van der Waals surface area contributed by atoms with Gasteiger partial charge in [-0.05, 0) is 36.6 Å². The van der Waals surface area contributed by atoms with Crippen LogP contribution in [-0.2, 0) is 6.42 Å². The van der Waals surface area contributed by atoms with Gasteiger partial charge in [-0.2, -0.15) is 0 Å². The number of urea groups is 1. The van der Waals surface area contributed by atoms with E-state index in [2.05, 4.69) is 10.6 Å². The van der Waals surface area contributed by atoms with E-state index in [1.807, 2.05) is 43.3 Å². The molecular weight excluding hydrogens is 272 g/mol. The van der Waals surface area contributed by atoms with Gasteiger partial charge in [-0.3, -0.25) is 5.32 Å². The van der Waals surface area contributed by atoms with Gasteiger partial charge in [-0.1, -0.05) is 24.3 Å². The first kappa shape index (κ1) is 13.1. The number of carbonyl (C=O) groups excluding carboxylic acids is 1. The molecule has 0 radical (unpaired) electrons. The Hall–Kier alpha value is -1.85. The van der Waals surface area contributed by atoms with Gasteiger partial charge in [-0.25, -0.2) is 4.79 Å². The van der Waals surface area contributed by atoms with E-state index in [0.29, 0.717) is 6.42 Å². The normalized spacial score (nSPS) is 20.5. The third-order valence-corrected chi connectivity index (χ3v) is 4.40. The first-order valence-corrected chi connectivity index (χ1v) is 7.35. The largest absolute Gasteiger partial charge is 0.386 e. The van der Waals surface area contributed by atoms with Gasteiger partial charge in [0.05, 0.1) is 17.1 Å². The summed E-state index contributed by atoms with van der Waals surface area (Å²) in [5.41, 5.74) is 2.00. The van der Waals surface area contributed by atoms with E-state index in [4.69, 9.17) is 0 Å². The maximum Gasteiger partial charge on any atom is 0.320 e. The summed E-state index contributed by atoms with van der Waals surface area (Å²) >= 11 is 1.53. The SMILES string of the molecule is Cc1ccc(NC(=O)N[C@H]2Cc3ccccc3[C@@H]2O)s1. The Morgan fingerprint density at radius 1 is 1.30 bits per heavy atom. The van der Waals surface area contributed by atoms with Crippen molar-refractivity contribution in [3.05, 3.63) is 52.4 Å². The van der Waals surface area contributed by atoms with Crippen LogP contribution in [0.2, 0.25) is 0 Å². The Kier molecular flexibility index (Phi) is 3.46. The van der Waals surface area contributed by atoms with Crippen molar-refractivity contribution < 1.29 is 9.90 Å². The monoisotopic (exact) mass is 288 g/mol. The molecule has 1 aliphatic rings. The van der Waals surface area contributed by atoms with Crippen LogP contribution >= 0.6 is 11.3 Å². The van der Waals surface area contributed by atoms with Crippen LogP contribution in [0.5, 0.6) is 0 Å². The van der Waals surface area contributed by atoms with Crippen LogP contribution in [-0.4, -0.2) is 17.2 Å². The lowest BCUT2D eigenvalue weighted by Gasteiger charge is -2.17. The molecule has 1 aromatic carbocycles. The lowest BCUT2D eigenvalue weighted by atomic mass is 10.1. The minimum Gasteiger partial charge on any atom is -0.386 e. The van der Waals surface area contributed by atoms with Gasteiger partial charge in [-0.15, -0.1) is 11.3 Å². The van der Waals surface area contributed by atoms with Crippen molar-refractivity contribution in [2.75, 3.05) is 5.32 Å². The third-order valence-electron chi connectivity index (χ3n) is 3.49. The second-order valence-corrected chi connectivity index (χ2v) is 6.25. The highest BCUT2D eigenvalue weighted by atomic mass is 32.1. The molecule has 3 rings (SSSR count). The molecule has 5 heteroatoms. The van der Waals surface area contributed by atoms with E-state index in [1.165, 1.54) is 11.3 Å². The number of aryl methyl sites for hydroxylation is 1. The molecule has 104 valence electrons. The van der Waals surface area contributed by atoms with E-state index in [0.717, 1.165) is 21.0 Å². The van der Waals surface area contributed by atoms with Crippen LogP contribution in [0.25, 0.3) is 0 Å². The lowest BCUT2D eigenvalue weighted by molar-refractivity contribution is 0.145. The maximum atomic E-state index is 11.9. The molecule has 4 nitrogen and oxygen atoms in total.